The summed E-state index contributed by atoms with van der Waals surface area (Å²) < 4.78 is 48.0. The van der Waals surface area contributed by atoms with E-state index in [1.165, 1.54) is 25.3 Å². The third-order valence-electron chi connectivity index (χ3n) is 3.27. The molecule has 1 aromatic carbocycles. The number of ether oxygens (including phenoxy) is 2. The lowest BCUT2D eigenvalue weighted by Crippen LogP contribution is -2.24. The molecule has 1 heterocycles. The molecule has 0 aliphatic rings. The molecule has 2 rings (SSSR count). The molecule has 7 nitrogen and oxygen atoms in total. The third kappa shape index (κ3) is 4.78. The molecular weight excluding hydrogens is 339 g/mol. The van der Waals surface area contributed by atoms with Gasteiger partial charge < -0.3 is 20.5 Å². The summed E-state index contributed by atoms with van der Waals surface area (Å²) in [7, 11) is 3.24. The van der Waals surface area contributed by atoms with Gasteiger partial charge in [0.2, 0.25) is 5.88 Å². The molecular formula is C15H18F3N5O2. The average molecular weight is 357 g/mol. The summed E-state index contributed by atoms with van der Waals surface area (Å²) in [5.41, 5.74) is 7.27. The van der Waals surface area contributed by atoms with Crippen molar-refractivity contribution in [3.05, 3.63) is 35.5 Å². The second-order valence-corrected chi connectivity index (χ2v) is 5.07. The minimum atomic E-state index is -4.80. The highest BCUT2D eigenvalue weighted by molar-refractivity contribution is 5.93. The van der Waals surface area contributed by atoms with Gasteiger partial charge in [-0.25, -0.2) is 9.67 Å². The Balaban J connectivity index is 2.15. The number of alkyl halides is 3. The van der Waals surface area contributed by atoms with E-state index in [1.54, 1.807) is 24.7 Å². The number of hydrogen-bond donors (Lipinski definition) is 2. The Bertz CT molecular complexity index is 771. The molecule has 0 fully saturated rings. The molecule has 0 aliphatic heterocycles. The molecule has 1 aromatic heterocycles. The summed E-state index contributed by atoms with van der Waals surface area (Å²) in [5, 5.41) is 6.82. The summed E-state index contributed by atoms with van der Waals surface area (Å²) in [6.45, 7) is 1.95. The number of anilines is 1. The highest BCUT2D eigenvalue weighted by Crippen LogP contribution is 2.29. The lowest BCUT2D eigenvalue weighted by atomic mass is 10.2. The van der Waals surface area contributed by atoms with E-state index in [0.717, 1.165) is 11.3 Å². The Hall–Kier alpha value is -2.91. The largest absolute Gasteiger partial charge is 0.573 e. The van der Waals surface area contributed by atoms with Gasteiger partial charge in [0.25, 0.3) is 0 Å². The molecule has 0 aliphatic carbocycles. The number of methoxy groups -OCH3 is 1. The van der Waals surface area contributed by atoms with Gasteiger partial charge in [0.05, 0.1) is 30.6 Å². The fourth-order valence-electron chi connectivity index (χ4n) is 2.24. The van der Waals surface area contributed by atoms with E-state index in [4.69, 9.17) is 10.5 Å². The summed E-state index contributed by atoms with van der Waals surface area (Å²) in [6, 6.07) is 5.55. The minimum absolute atomic E-state index is 0.0518. The highest BCUT2D eigenvalue weighted by Gasteiger charge is 2.32. The molecule has 0 radical (unpaired) electrons. The maximum Gasteiger partial charge on any atom is 0.573 e. The van der Waals surface area contributed by atoms with Gasteiger partial charge in [-0.05, 0) is 19.1 Å². The van der Waals surface area contributed by atoms with Crippen LogP contribution < -0.4 is 20.5 Å². The van der Waals surface area contributed by atoms with E-state index in [0.29, 0.717) is 5.88 Å². The van der Waals surface area contributed by atoms with Crippen LogP contribution >= 0.6 is 0 Å². The van der Waals surface area contributed by atoms with Crippen molar-refractivity contribution in [2.24, 2.45) is 17.8 Å². The Labute approximate surface area is 142 Å². The SMILES string of the molecule is COc1c(CN=C(N)Nc2ccccc2OC(F)(F)F)c(C)nn1C. The van der Waals surface area contributed by atoms with Crippen molar-refractivity contribution < 1.29 is 22.6 Å². The van der Waals surface area contributed by atoms with Crippen LogP contribution in [-0.2, 0) is 13.6 Å². The van der Waals surface area contributed by atoms with Crippen LogP contribution in [0.15, 0.2) is 29.3 Å². The highest BCUT2D eigenvalue weighted by atomic mass is 19.4. The molecule has 0 amide bonds. The fraction of sp³-hybridized carbons (Fsp3) is 0.333. The Morgan fingerprint density at radius 3 is 2.68 bits per heavy atom. The second-order valence-electron chi connectivity index (χ2n) is 5.07. The topological polar surface area (TPSA) is 86.7 Å². The van der Waals surface area contributed by atoms with Gasteiger partial charge in [-0.1, -0.05) is 12.1 Å². The first-order valence-electron chi connectivity index (χ1n) is 7.19. The number of guanidine groups is 1. The van der Waals surface area contributed by atoms with Gasteiger partial charge in [0.1, 0.15) is 0 Å². The van der Waals surface area contributed by atoms with Crippen LogP contribution in [0.1, 0.15) is 11.3 Å². The van der Waals surface area contributed by atoms with Gasteiger partial charge in [-0.2, -0.15) is 5.10 Å². The first-order chi connectivity index (χ1) is 11.7. The summed E-state index contributed by atoms with van der Waals surface area (Å²) in [4.78, 5) is 4.12. The number of hydrogen-bond acceptors (Lipinski definition) is 4. The monoisotopic (exact) mass is 357 g/mol. The molecule has 0 saturated heterocycles. The van der Waals surface area contributed by atoms with Gasteiger partial charge in [-0.15, -0.1) is 13.2 Å². The van der Waals surface area contributed by atoms with Gasteiger partial charge in [-0.3, -0.25) is 0 Å². The van der Waals surface area contributed by atoms with Crippen LogP contribution in [0.4, 0.5) is 18.9 Å². The first-order valence-corrected chi connectivity index (χ1v) is 7.19. The number of aromatic nitrogens is 2. The van der Waals surface area contributed by atoms with Crippen LogP contribution in [0.2, 0.25) is 0 Å². The maximum absolute atomic E-state index is 12.4. The van der Waals surface area contributed by atoms with Crippen molar-refractivity contribution in [1.29, 1.82) is 0 Å². The summed E-state index contributed by atoms with van der Waals surface area (Å²) >= 11 is 0. The number of aryl methyl sites for hydroxylation is 2. The number of benzene rings is 1. The maximum atomic E-state index is 12.4. The summed E-state index contributed by atoms with van der Waals surface area (Å²) in [6.07, 6.45) is -4.80. The predicted octanol–water partition coefficient (Wildman–Crippen LogP) is 2.56. The van der Waals surface area contributed by atoms with Crippen LogP contribution in [0.25, 0.3) is 0 Å². The van der Waals surface area contributed by atoms with E-state index < -0.39 is 12.1 Å². The fourth-order valence-corrected chi connectivity index (χ4v) is 2.24. The molecule has 25 heavy (non-hydrogen) atoms. The Morgan fingerprint density at radius 1 is 1.36 bits per heavy atom. The summed E-state index contributed by atoms with van der Waals surface area (Å²) in [5.74, 6) is 0.0710. The molecule has 3 N–H and O–H groups in total. The molecule has 0 atom stereocenters. The van der Waals surface area contributed by atoms with Crippen molar-refractivity contribution in [2.75, 3.05) is 12.4 Å². The second kappa shape index (κ2) is 7.32. The average Bonchev–Trinajstić information content (AvgIpc) is 2.78. The minimum Gasteiger partial charge on any atom is -0.481 e. The molecule has 2 aromatic rings. The lowest BCUT2D eigenvalue weighted by molar-refractivity contribution is -0.274. The number of halogens is 3. The number of aliphatic imine (C=N–C) groups is 1. The number of para-hydroxylation sites is 2. The third-order valence-corrected chi connectivity index (χ3v) is 3.27. The van der Waals surface area contributed by atoms with Crippen molar-refractivity contribution >= 4 is 11.6 Å². The van der Waals surface area contributed by atoms with Crippen LogP contribution in [0.3, 0.4) is 0 Å². The van der Waals surface area contributed by atoms with E-state index in [-0.39, 0.29) is 18.2 Å². The van der Waals surface area contributed by atoms with Crippen molar-refractivity contribution in [2.45, 2.75) is 19.8 Å². The van der Waals surface area contributed by atoms with E-state index in [9.17, 15) is 13.2 Å². The predicted molar refractivity (Wildman–Crippen MR) is 86.6 cm³/mol. The van der Waals surface area contributed by atoms with Gasteiger partial charge in [0.15, 0.2) is 11.7 Å². The van der Waals surface area contributed by atoms with E-state index in [2.05, 4.69) is 20.1 Å². The number of nitrogens with one attached hydrogen (secondary N) is 1. The zero-order valence-corrected chi connectivity index (χ0v) is 13.9. The molecule has 0 unspecified atom stereocenters. The normalized spacial score (nSPS) is 12.2. The number of rotatable bonds is 5. The van der Waals surface area contributed by atoms with Crippen LogP contribution in [0.5, 0.6) is 11.6 Å². The smallest absolute Gasteiger partial charge is 0.481 e. The van der Waals surface area contributed by atoms with Crippen molar-refractivity contribution in [1.82, 2.24) is 9.78 Å². The van der Waals surface area contributed by atoms with Crippen molar-refractivity contribution in [3.63, 3.8) is 0 Å². The zero-order valence-electron chi connectivity index (χ0n) is 13.9. The molecule has 10 heteroatoms. The van der Waals surface area contributed by atoms with Crippen LogP contribution in [0, 0.1) is 6.92 Å². The standard InChI is InChI=1S/C15H18F3N5O2/c1-9-10(13(24-3)23(2)22-9)8-20-14(19)21-11-6-4-5-7-12(11)25-15(16,17)18/h4-7H,8H2,1-3H3,(H3,19,20,21). The van der Waals surface area contributed by atoms with Crippen LogP contribution in [-0.4, -0.2) is 29.2 Å². The number of nitrogens with two attached hydrogens (primary N) is 1. The quantitative estimate of drug-likeness (QED) is 0.634. The van der Waals surface area contributed by atoms with Gasteiger partial charge >= 0.3 is 6.36 Å². The van der Waals surface area contributed by atoms with E-state index in [1.807, 2.05) is 0 Å². The number of nitrogens with zero attached hydrogens (tertiary/aromatic N) is 3. The molecule has 0 spiro atoms. The lowest BCUT2D eigenvalue weighted by Gasteiger charge is -2.14. The first kappa shape index (κ1) is 18.4. The molecule has 136 valence electrons. The zero-order chi connectivity index (χ0) is 18.6. The molecule has 0 bridgehead atoms. The Kier molecular flexibility index (Phi) is 5.40. The Morgan fingerprint density at radius 2 is 2.04 bits per heavy atom. The van der Waals surface area contributed by atoms with E-state index >= 15 is 0 Å². The molecule has 0 saturated carbocycles. The van der Waals surface area contributed by atoms with Gasteiger partial charge in [0, 0.05) is 7.05 Å². The van der Waals surface area contributed by atoms with Crippen molar-refractivity contribution in [3.8, 4) is 11.6 Å².